The Morgan fingerprint density at radius 1 is 1.00 bits per heavy atom. The van der Waals surface area contributed by atoms with Crippen molar-refractivity contribution in [2.45, 2.75) is 38.6 Å². The number of anilines is 2. The second-order valence-electron chi connectivity index (χ2n) is 13.0. The summed E-state index contributed by atoms with van der Waals surface area (Å²) in [6, 6.07) is 12.5. The number of amides is 4. The van der Waals surface area contributed by atoms with E-state index in [4.69, 9.17) is 9.84 Å². The number of aromatic nitrogens is 3. The molecule has 4 aromatic rings. The molecule has 1 atom stereocenters. The van der Waals surface area contributed by atoms with Gasteiger partial charge in [-0.2, -0.15) is 0 Å². The van der Waals surface area contributed by atoms with Crippen LogP contribution in [0.15, 0.2) is 72.0 Å². The van der Waals surface area contributed by atoms with E-state index in [2.05, 4.69) is 32.5 Å². The third kappa shape index (κ3) is 7.97. The molecule has 1 fully saturated rings. The number of benzene rings is 2. The number of aliphatic hydroxyl groups excluding tert-OH is 1. The first-order chi connectivity index (χ1) is 25.0. The molecule has 2 aliphatic heterocycles. The average Bonchev–Trinajstić information content (AvgIpc) is 3.79. The minimum atomic E-state index is -0.446. The van der Waals surface area contributed by atoms with E-state index in [-0.39, 0.29) is 55.0 Å². The Bertz CT molecular complexity index is 2060. The van der Waals surface area contributed by atoms with E-state index in [0.717, 1.165) is 22.3 Å². The number of aliphatic imine (C=N–C) groups is 1. The van der Waals surface area contributed by atoms with Crippen molar-refractivity contribution < 1.29 is 29.0 Å². The number of rotatable bonds is 13. The van der Waals surface area contributed by atoms with Gasteiger partial charge in [-0.15, -0.1) is 0 Å². The molecule has 2 aromatic heterocycles. The molecule has 6 rings (SSSR count). The largest absolute Gasteiger partial charge is 0.493 e. The van der Waals surface area contributed by atoms with Gasteiger partial charge in [0.05, 0.1) is 23.9 Å². The van der Waals surface area contributed by atoms with E-state index in [1.165, 1.54) is 4.57 Å². The van der Waals surface area contributed by atoms with Gasteiger partial charge in [-0.3, -0.25) is 24.2 Å². The van der Waals surface area contributed by atoms with Gasteiger partial charge < -0.3 is 39.8 Å². The Balaban J connectivity index is 0.980. The highest BCUT2D eigenvalue weighted by molar-refractivity contribution is 6.04. The molecular formula is C38H42N8O6. The molecule has 1 saturated heterocycles. The zero-order valence-electron chi connectivity index (χ0n) is 29.4. The summed E-state index contributed by atoms with van der Waals surface area (Å²) >= 11 is 0. The summed E-state index contributed by atoms with van der Waals surface area (Å²) in [5, 5.41) is 17.3. The zero-order valence-corrected chi connectivity index (χ0v) is 29.4. The molecule has 270 valence electrons. The number of hydrogen-bond donors (Lipinski definition) is 4. The van der Waals surface area contributed by atoms with Gasteiger partial charge in [0.1, 0.15) is 11.4 Å². The van der Waals surface area contributed by atoms with Gasteiger partial charge in [-0.1, -0.05) is 24.3 Å². The number of imidazole rings is 1. The zero-order chi connectivity index (χ0) is 36.9. The topological polar surface area (TPSA) is 172 Å². The third-order valence-electron chi connectivity index (χ3n) is 8.95. The molecule has 4 heterocycles. The van der Waals surface area contributed by atoms with Crippen molar-refractivity contribution in [3.8, 4) is 16.9 Å². The Morgan fingerprint density at radius 3 is 2.56 bits per heavy atom. The molecule has 0 bridgehead atoms. The molecule has 4 amide bonds. The van der Waals surface area contributed by atoms with Gasteiger partial charge in [0.15, 0.2) is 5.82 Å². The summed E-state index contributed by atoms with van der Waals surface area (Å²) in [5.74, 6) is -0.0252. The minimum absolute atomic E-state index is 0.00864. The van der Waals surface area contributed by atoms with E-state index >= 15 is 0 Å². The maximum atomic E-state index is 13.1. The smallest absolute Gasteiger partial charge is 0.291 e. The number of aliphatic hydroxyl groups is 1. The van der Waals surface area contributed by atoms with Crippen molar-refractivity contribution in [1.29, 1.82) is 0 Å². The number of carbonyl (C=O) groups excluding carboxylic acids is 4. The molecule has 4 N–H and O–H groups in total. The van der Waals surface area contributed by atoms with E-state index < -0.39 is 5.91 Å². The molecular weight excluding hydrogens is 664 g/mol. The molecule has 14 nitrogen and oxygen atoms in total. The molecule has 0 radical (unpaired) electrons. The highest BCUT2D eigenvalue weighted by Crippen LogP contribution is 2.35. The fourth-order valence-corrected chi connectivity index (χ4v) is 6.23. The van der Waals surface area contributed by atoms with E-state index in [1.54, 1.807) is 66.3 Å². The van der Waals surface area contributed by atoms with E-state index in [9.17, 15) is 19.2 Å². The van der Waals surface area contributed by atoms with Crippen molar-refractivity contribution in [3.63, 3.8) is 0 Å². The van der Waals surface area contributed by atoms with Crippen LogP contribution in [0, 0.1) is 6.92 Å². The van der Waals surface area contributed by atoms with Crippen LogP contribution < -0.4 is 20.7 Å². The second kappa shape index (κ2) is 15.5. The monoisotopic (exact) mass is 706 g/mol. The number of ether oxygens (including phenoxy) is 1. The number of nitrogens with one attached hydrogen (secondary N) is 3. The fourth-order valence-electron chi connectivity index (χ4n) is 6.23. The van der Waals surface area contributed by atoms with Crippen LogP contribution in [0.2, 0.25) is 0 Å². The SMILES string of the molecule is C=C1C[C@H]2C=Nc3cc(OCCCC(=O)Nc4cn(C)c(C(=O)Nc5ccc(-c6cc(C(=O)NCCCO)n(C)c6)cc5)n4)c(C)cc3C(=O)N2C1. The normalized spacial score (nSPS) is 14.8. The molecule has 0 aliphatic carbocycles. The highest BCUT2D eigenvalue weighted by atomic mass is 16.5. The summed E-state index contributed by atoms with van der Waals surface area (Å²) in [5.41, 5.74) is 5.67. The highest BCUT2D eigenvalue weighted by Gasteiger charge is 2.33. The molecule has 52 heavy (non-hydrogen) atoms. The maximum absolute atomic E-state index is 13.1. The van der Waals surface area contributed by atoms with Crippen LogP contribution in [-0.2, 0) is 18.9 Å². The Hall–Kier alpha value is -6.02. The number of carbonyl (C=O) groups is 4. The van der Waals surface area contributed by atoms with Crippen LogP contribution in [-0.4, -0.2) is 86.3 Å². The number of aryl methyl sites for hydroxylation is 3. The maximum Gasteiger partial charge on any atom is 0.291 e. The number of nitrogens with zero attached hydrogens (tertiary/aromatic N) is 5. The van der Waals surface area contributed by atoms with Gasteiger partial charge >= 0.3 is 0 Å². The Morgan fingerprint density at radius 2 is 1.79 bits per heavy atom. The van der Waals surface area contributed by atoms with E-state index in [0.29, 0.717) is 60.7 Å². The van der Waals surface area contributed by atoms with Crippen molar-refractivity contribution in [2.75, 3.05) is 36.9 Å². The first-order valence-electron chi connectivity index (χ1n) is 17.1. The molecule has 14 heteroatoms. The van der Waals surface area contributed by atoms with Crippen molar-refractivity contribution in [3.05, 3.63) is 89.7 Å². The third-order valence-corrected chi connectivity index (χ3v) is 8.95. The molecule has 0 unspecified atom stereocenters. The Kier molecular flexibility index (Phi) is 10.7. The summed E-state index contributed by atoms with van der Waals surface area (Å²) < 4.78 is 9.25. The lowest BCUT2D eigenvalue weighted by atomic mass is 10.1. The average molecular weight is 707 g/mol. The molecule has 0 spiro atoms. The summed E-state index contributed by atoms with van der Waals surface area (Å²) in [6.45, 7) is 7.10. The first-order valence-corrected chi connectivity index (χ1v) is 17.1. The van der Waals surface area contributed by atoms with Gasteiger partial charge in [-0.25, -0.2) is 4.98 Å². The van der Waals surface area contributed by atoms with Crippen molar-refractivity contribution >= 4 is 47.0 Å². The summed E-state index contributed by atoms with van der Waals surface area (Å²) in [7, 11) is 3.46. The molecule has 2 aromatic carbocycles. The minimum Gasteiger partial charge on any atom is -0.493 e. The van der Waals surface area contributed by atoms with Crippen LogP contribution in [0.5, 0.6) is 5.75 Å². The van der Waals surface area contributed by atoms with Gasteiger partial charge in [-0.05, 0) is 61.6 Å². The summed E-state index contributed by atoms with van der Waals surface area (Å²) in [6.07, 6.45) is 7.01. The second-order valence-corrected chi connectivity index (χ2v) is 13.0. The predicted molar refractivity (Wildman–Crippen MR) is 197 cm³/mol. The standard InChI is InChI=1S/C38H42N8O6/c1-23-15-28-19-40-30-18-32(24(2)16-29(30)38(51)46(28)20-23)52-14-5-7-34(48)42-33-22-45(4)35(43-33)37(50)41-27-10-8-25(9-11-27)26-17-31(44(3)21-26)36(49)39-12-6-13-47/h8-11,16-19,21-22,28,47H,1,5-7,12-15,20H2,2-4H3,(H,39,49)(H,41,50)(H,42,48)/t28-/m0/s1. The van der Waals surface area contributed by atoms with Gasteiger partial charge in [0.25, 0.3) is 17.7 Å². The fraction of sp³-hybridized carbons (Fsp3) is 0.316. The lowest BCUT2D eigenvalue weighted by Gasteiger charge is -2.20. The van der Waals surface area contributed by atoms with Gasteiger partial charge in [0.2, 0.25) is 11.7 Å². The summed E-state index contributed by atoms with van der Waals surface area (Å²) in [4.78, 5) is 62.1. The molecule has 2 aliphatic rings. The van der Waals surface area contributed by atoms with Crippen LogP contribution >= 0.6 is 0 Å². The molecule has 0 saturated carbocycles. The Labute approximate surface area is 301 Å². The van der Waals surface area contributed by atoms with E-state index in [1.807, 2.05) is 25.3 Å². The lowest BCUT2D eigenvalue weighted by molar-refractivity contribution is -0.116. The van der Waals surface area contributed by atoms with Crippen LogP contribution in [0.1, 0.15) is 62.7 Å². The van der Waals surface area contributed by atoms with Gasteiger partial charge in [0, 0.05) is 76.1 Å². The van der Waals surface area contributed by atoms with Crippen LogP contribution in [0.4, 0.5) is 17.2 Å². The number of fused-ring (bicyclic) bond motifs is 2. The van der Waals surface area contributed by atoms with Crippen LogP contribution in [0.3, 0.4) is 0 Å². The van der Waals surface area contributed by atoms with Crippen LogP contribution in [0.25, 0.3) is 11.1 Å². The van der Waals surface area contributed by atoms with Crippen molar-refractivity contribution in [1.82, 2.24) is 24.3 Å². The predicted octanol–water partition coefficient (Wildman–Crippen LogP) is 4.38. The lowest BCUT2D eigenvalue weighted by Crippen LogP contribution is -2.35. The quantitative estimate of drug-likeness (QED) is 0.118. The number of hydrogen-bond acceptors (Lipinski definition) is 8. The first kappa shape index (κ1) is 35.8. The van der Waals surface area contributed by atoms with Crippen molar-refractivity contribution in [2.24, 2.45) is 19.1 Å².